The van der Waals surface area contributed by atoms with Gasteiger partial charge in [-0.3, -0.25) is 9.89 Å². The summed E-state index contributed by atoms with van der Waals surface area (Å²) < 4.78 is 5.75. The largest absolute Gasteiger partial charge is 0.374 e. The lowest BCUT2D eigenvalue weighted by Gasteiger charge is -2.34. The predicted molar refractivity (Wildman–Crippen MR) is 80.3 cm³/mol. The highest BCUT2D eigenvalue weighted by atomic mass is 16.5. The van der Waals surface area contributed by atoms with Crippen molar-refractivity contribution < 1.29 is 4.74 Å². The van der Waals surface area contributed by atoms with E-state index >= 15 is 0 Å². The number of rotatable bonds is 6. The van der Waals surface area contributed by atoms with Crippen molar-refractivity contribution in [3.8, 4) is 0 Å². The molecule has 1 unspecified atom stereocenters. The average Bonchev–Trinajstić information content (AvgIpc) is 2.33. The van der Waals surface area contributed by atoms with E-state index in [1.165, 1.54) is 0 Å². The number of ether oxygens (including phenoxy) is 1. The van der Waals surface area contributed by atoms with Crippen molar-refractivity contribution in [3.05, 3.63) is 0 Å². The number of hydrogen-bond donors (Lipinski definition) is 2. The average molecular weight is 270 g/mol. The maximum absolute atomic E-state index is 5.82. The van der Waals surface area contributed by atoms with E-state index in [0.29, 0.717) is 17.8 Å². The molecule has 0 aromatic heterocycles. The van der Waals surface area contributed by atoms with Gasteiger partial charge in [0.1, 0.15) is 0 Å². The molecule has 1 atom stereocenters. The molecule has 1 saturated heterocycles. The van der Waals surface area contributed by atoms with Crippen LogP contribution in [0, 0.1) is 11.8 Å². The second-order valence-electron chi connectivity index (χ2n) is 6.15. The van der Waals surface area contributed by atoms with E-state index < -0.39 is 0 Å². The molecule has 0 aromatic carbocycles. The molecule has 3 N–H and O–H groups in total. The molecule has 0 saturated carbocycles. The van der Waals surface area contributed by atoms with Crippen LogP contribution in [0.25, 0.3) is 0 Å². The van der Waals surface area contributed by atoms with E-state index in [9.17, 15) is 0 Å². The minimum Gasteiger partial charge on any atom is -0.374 e. The van der Waals surface area contributed by atoms with Crippen LogP contribution in [-0.2, 0) is 4.74 Å². The van der Waals surface area contributed by atoms with Gasteiger partial charge in [-0.2, -0.15) is 0 Å². The summed E-state index contributed by atoms with van der Waals surface area (Å²) >= 11 is 0. The summed E-state index contributed by atoms with van der Waals surface area (Å²) in [5.41, 5.74) is 5.82. The molecule has 5 nitrogen and oxygen atoms in total. The standard InChI is InChI=1S/C14H30N4O/c1-11(2)7-16-14(15)17-8-13-10-18(5-6-19-13)9-12(3)4/h11-13H,5-10H2,1-4H3,(H3,15,16,17). The van der Waals surface area contributed by atoms with Crippen LogP contribution >= 0.6 is 0 Å². The lowest BCUT2D eigenvalue weighted by molar-refractivity contribution is -0.0284. The van der Waals surface area contributed by atoms with Gasteiger partial charge in [0, 0.05) is 32.7 Å². The third kappa shape index (κ3) is 7.38. The van der Waals surface area contributed by atoms with Gasteiger partial charge in [0.05, 0.1) is 12.7 Å². The molecule has 0 aromatic rings. The molecule has 1 heterocycles. The predicted octanol–water partition coefficient (Wildman–Crippen LogP) is 0.904. The van der Waals surface area contributed by atoms with Gasteiger partial charge in [0.25, 0.3) is 0 Å². The third-order valence-corrected chi connectivity index (χ3v) is 2.98. The Hall–Kier alpha value is -0.810. The SMILES string of the molecule is CC(C)CN=C(N)NCC1CN(CC(C)C)CCO1. The van der Waals surface area contributed by atoms with Gasteiger partial charge >= 0.3 is 0 Å². The van der Waals surface area contributed by atoms with E-state index in [0.717, 1.165) is 39.3 Å². The third-order valence-electron chi connectivity index (χ3n) is 2.98. The molecule has 0 spiro atoms. The van der Waals surface area contributed by atoms with Crippen LogP contribution in [-0.4, -0.2) is 56.3 Å². The van der Waals surface area contributed by atoms with Crippen molar-refractivity contribution in [3.63, 3.8) is 0 Å². The van der Waals surface area contributed by atoms with E-state index in [-0.39, 0.29) is 6.10 Å². The molecule has 19 heavy (non-hydrogen) atoms. The summed E-state index contributed by atoms with van der Waals surface area (Å²) in [5.74, 6) is 1.76. The number of guanidine groups is 1. The summed E-state index contributed by atoms with van der Waals surface area (Å²) in [6, 6.07) is 0. The lowest BCUT2D eigenvalue weighted by atomic mass is 10.2. The molecule has 112 valence electrons. The fourth-order valence-electron chi connectivity index (χ4n) is 2.14. The summed E-state index contributed by atoms with van der Waals surface area (Å²) in [7, 11) is 0. The molecule has 0 aliphatic carbocycles. The van der Waals surface area contributed by atoms with Crippen molar-refractivity contribution in [2.45, 2.75) is 33.8 Å². The number of hydrogen-bond acceptors (Lipinski definition) is 3. The van der Waals surface area contributed by atoms with Gasteiger partial charge in [0.15, 0.2) is 5.96 Å². The summed E-state index contributed by atoms with van der Waals surface area (Å²) in [4.78, 5) is 6.75. The van der Waals surface area contributed by atoms with Crippen LogP contribution in [0.4, 0.5) is 0 Å². The van der Waals surface area contributed by atoms with E-state index in [1.807, 2.05) is 0 Å². The van der Waals surface area contributed by atoms with Crippen molar-refractivity contribution in [2.24, 2.45) is 22.6 Å². The zero-order valence-corrected chi connectivity index (χ0v) is 12.9. The Bertz CT molecular complexity index is 279. The van der Waals surface area contributed by atoms with Crippen LogP contribution in [0.3, 0.4) is 0 Å². The van der Waals surface area contributed by atoms with Gasteiger partial charge < -0.3 is 15.8 Å². The second kappa shape index (κ2) is 8.38. The minimum absolute atomic E-state index is 0.209. The van der Waals surface area contributed by atoms with E-state index in [2.05, 4.69) is 42.9 Å². The highest BCUT2D eigenvalue weighted by molar-refractivity contribution is 5.77. The van der Waals surface area contributed by atoms with E-state index in [4.69, 9.17) is 10.5 Å². The number of nitrogens with one attached hydrogen (secondary N) is 1. The summed E-state index contributed by atoms with van der Waals surface area (Å²) in [6.45, 7) is 14.2. The monoisotopic (exact) mass is 270 g/mol. The lowest BCUT2D eigenvalue weighted by Crippen LogP contribution is -2.49. The molecular formula is C14H30N4O. The molecular weight excluding hydrogens is 240 g/mol. The van der Waals surface area contributed by atoms with Crippen molar-refractivity contribution >= 4 is 5.96 Å². The zero-order chi connectivity index (χ0) is 14.3. The Kier molecular flexibility index (Phi) is 7.16. The van der Waals surface area contributed by atoms with Crippen molar-refractivity contribution in [1.29, 1.82) is 0 Å². The van der Waals surface area contributed by atoms with E-state index in [1.54, 1.807) is 0 Å². The maximum atomic E-state index is 5.82. The molecule has 1 fully saturated rings. The number of aliphatic imine (C=N–C) groups is 1. The quantitative estimate of drug-likeness (QED) is 0.556. The molecule has 1 aliphatic rings. The topological polar surface area (TPSA) is 62.9 Å². The summed E-state index contributed by atoms with van der Waals surface area (Å²) in [5, 5.41) is 3.16. The molecule has 0 bridgehead atoms. The zero-order valence-electron chi connectivity index (χ0n) is 12.9. The Morgan fingerprint density at radius 2 is 2.11 bits per heavy atom. The Labute approximate surface area is 117 Å². The number of nitrogens with two attached hydrogens (primary N) is 1. The van der Waals surface area contributed by atoms with Gasteiger partial charge in [-0.25, -0.2) is 0 Å². The first-order chi connectivity index (χ1) is 8.97. The second-order valence-corrected chi connectivity index (χ2v) is 6.15. The van der Waals surface area contributed by atoms with Crippen molar-refractivity contribution in [2.75, 3.05) is 39.3 Å². The maximum Gasteiger partial charge on any atom is 0.188 e. The molecule has 0 amide bonds. The van der Waals surface area contributed by atoms with Crippen LogP contribution in [0.1, 0.15) is 27.7 Å². The fourth-order valence-corrected chi connectivity index (χ4v) is 2.14. The van der Waals surface area contributed by atoms with Gasteiger partial charge in [-0.1, -0.05) is 27.7 Å². The minimum atomic E-state index is 0.209. The molecule has 5 heteroatoms. The molecule has 1 aliphatic heterocycles. The van der Waals surface area contributed by atoms with Crippen LogP contribution in [0.15, 0.2) is 4.99 Å². The van der Waals surface area contributed by atoms with Crippen LogP contribution in [0.5, 0.6) is 0 Å². The highest BCUT2D eigenvalue weighted by Crippen LogP contribution is 2.07. The van der Waals surface area contributed by atoms with Crippen molar-refractivity contribution in [1.82, 2.24) is 10.2 Å². The molecule has 0 radical (unpaired) electrons. The smallest absolute Gasteiger partial charge is 0.188 e. The normalized spacial score (nSPS) is 22.2. The Morgan fingerprint density at radius 1 is 1.37 bits per heavy atom. The van der Waals surface area contributed by atoms with Gasteiger partial charge in [0.2, 0.25) is 0 Å². The first kappa shape index (κ1) is 16.2. The molecule has 1 rings (SSSR count). The van der Waals surface area contributed by atoms with Gasteiger partial charge in [-0.05, 0) is 11.8 Å². The first-order valence-corrected chi connectivity index (χ1v) is 7.35. The fraction of sp³-hybridized carbons (Fsp3) is 0.929. The highest BCUT2D eigenvalue weighted by Gasteiger charge is 2.20. The first-order valence-electron chi connectivity index (χ1n) is 7.35. The Balaban J connectivity index is 2.26. The summed E-state index contributed by atoms with van der Waals surface area (Å²) in [6.07, 6.45) is 0.209. The Morgan fingerprint density at radius 3 is 2.74 bits per heavy atom. The van der Waals surface area contributed by atoms with Gasteiger partial charge in [-0.15, -0.1) is 0 Å². The van der Waals surface area contributed by atoms with Crippen LogP contribution in [0.2, 0.25) is 0 Å². The van der Waals surface area contributed by atoms with Crippen LogP contribution < -0.4 is 11.1 Å². The number of morpholine rings is 1. The number of nitrogens with zero attached hydrogens (tertiary/aromatic N) is 2.